The highest BCUT2D eigenvalue weighted by Crippen LogP contribution is 2.23. The van der Waals surface area contributed by atoms with Gasteiger partial charge in [-0.2, -0.15) is 0 Å². The van der Waals surface area contributed by atoms with Gasteiger partial charge in [-0.1, -0.05) is 32.9 Å². The molecule has 0 aliphatic rings. The van der Waals surface area contributed by atoms with Gasteiger partial charge in [0.1, 0.15) is 0 Å². The third-order valence-electron chi connectivity index (χ3n) is 3.21. The largest absolute Gasteiger partial charge is 0.481 e. The summed E-state index contributed by atoms with van der Waals surface area (Å²) >= 11 is 0. The van der Waals surface area contributed by atoms with Gasteiger partial charge in [-0.15, -0.1) is 0 Å². The molecule has 0 saturated carbocycles. The number of carboxylic acids is 1. The van der Waals surface area contributed by atoms with Crippen LogP contribution in [-0.2, 0) is 4.79 Å². The average molecular weight is 263 g/mol. The van der Waals surface area contributed by atoms with Crippen molar-refractivity contribution in [3.05, 3.63) is 29.3 Å². The molecule has 0 aliphatic heterocycles. The smallest absolute Gasteiger partial charge is 0.308 e. The van der Waals surface area contributed by atoms with Gasteiger partial charge in [0.15, 0.2) is 0 Å². The van der Waals surface area contributed by atoms with Crippen molar-refractivity contribution in [3.63, 3.8) is 0 Å². The summed E-state index contributed by atoms with van der Waals surface area (Å²) in [5.74, 6) is -0.598. The van der Waals surface area contributed by atoms with Crippen molar-refractivity contribution >= 4 is 11.7 Å². The molecular formula is C16H25NO2. The minimum atomic E-state index is -0.737. The zero-order valence-corrected chi connectivity index (χ0v) is 12.6. The van der Waals surface area contributed by atoms with E-state index in [1.54, 1.807) is 6.92 Å². The van der Waals surface area contributed by atoms with Gasteiger partial charge in [0, 0.05) is 18.8 Å². The van der Waals surface area contributed by atoms with Crippen LogP contribution in [0.4, 0.5) is 5.69 Å². The van der Waals surface area contributed by atoms with Gasteiger partial charge in [-0.3, -0.25) is 4.79 Å². The van der Waals surface area contributed by atoms with E-state index in [-0.39, 0.29) is 5.92 Å². The number of hydrogen-bond donors (Lipinski definition) is 1. The van der Waals surface area contributed by atoms with Crippen LogP contribution in [0.1, 0.15) is 31.9 Å². The molecule has 106 valence electrons. The predicted octanol–water partition coefficient (Wildman–Crippen LogP) is 3.49. The van der Waals surface area contributed by atoms with E-state index in [2.05, 4.69) is 50.8 Å². The summed E-state index contributed by atoms with van der Waals surface area (Å²) in [6.45, 7) is 11.7. The van der Waals surface area contributed by atoms with E-state index in [1.807, 2.05) is 0 Å². The minimum Gasteiger partial charge on any atom is -0.481 e. The van der Waals surface area contributed by atoms with Gasteiger partial charge in [0.2, 0.25) is 0 Å². The number of anilines is 1. The van der Waals surface area contributed by atoms with Crippen molar-refractivity contribution in [1.29, 1.82) is 0 Å². The molecule has 0 saturated heterocycles. The maximum atomic E-state index is 11.1. The molecule has 1 unspecified atom stereocenters. The summed E-state index contributed by atoms with van der Waals surface area (Å²) < 4.78 is 0. The molecule has 0 radical (unpaired) electrons. The van der Waals surface area contributed by atoms with Crippen molar-refractivity contribution < 1.29 is 9.90 Å². The topological polar surface area (TPSA) is 40.5 Å². The van der Waals surface area contributed by atoms with Crippen LogP contribution in [0.2, 0.25) is 0 Å². The Bertz CT molecular complexity index is 440. The highest BCUT2D eigenvalue weighted by Gasteiger charge is 2.18. The second-order valence-corrected chi connectivity index (χ2v) is 5.83. The summed E-state index contributed by atoms with van der Waals surface area (Å²) in [5.41, 5.74) is 3.56. The number of carboxylic acid groups (broad SMARTS) is 1. The van der Waals surface area contributed by atoms with Crippen molar-refractivity contribution in [3.8, 4) is 0 Å². The first kappa shape index (κ1) is 15.5. The Labute approximate surface area is 116 Å². The van der Waals surface area contributed by atoms with E-state index >= 15 is 0 Å². The second kappa shape index (κ2) is 6.60. The van der Waals surface area contributed by atoms with Crippen molar-refractivity contribution in [1.82, 2.24) is 0 Å². The second-order valence-electron chi connectivity index (χ2n) is 5.83. The van der Waals surface area contributed by atoms with Crippen molar-refractivity contribution in [2.24, 2.45) is 11.8 Å². The fraction of sp³-hybridized carbons (Fsp3) is 0.562. The van der Waals surface area contributed by atoms with Crippen LogP contribution in [0.25, 0.3) is 0 Å². The number of carbonyl (C=O) groups is 1. The van der Waals surface area contributed by atoms with Crippen LogP contribution >= 0.6 is 0 Å². The zero-order valence-electron chi connectivity index (χ0n) is 12.6. The lowest BCUT2D eigenvalue weighted by Crippen LogP contribution is -2.35. The standard InChI is InChI=1S/C16H25NO2/c1-11(2)9-17(10-14(5)16(18)19)15-8-12(3)6-7-13(15)4/h6-8,11,14H,9-10H2,1-5H3,(H,18,19). The zero-order chi connectivity index (χ0) is 14.6. The molecule has 3 nitrogen and oxygen atoms in total. The monoisotopic (exact) mass is 263 g/mol. The molecule has 1 aromatic carbocycles. The Morgan fingerprint density at radius 1 is 1.21 bits per heavy atom. The SMILES string of the molecule is Cc1ccc(C)c(N(CC(C)C)CC(C)C(=O)O)c1. The molecule has 1 atom stereocenters. The molecule has 0 aliphatic carbocycles. The predicted molar refractivity (Wildman–Crippen MR) is 79.8 cm³/mol. The molecule has 19 heavy (non-hydrogen) atoms. The van der Waals surface area contributed by atoms with Gasteiger partial charge in [-0.05, 0) is 37.0 Å². The summed E-state index contributed by atoms with van der Waals surface area (Å²) in [7, 11) is 0. The van der Waals surface area contributed by atoms with Crippen LogP contribution < -0.4 is 4.90 Å². The summed E-state index contributed by atoms with van der Waals surface area (Å²) in [4.78, 5) is 13.3. The fourth-order valence-electron chi connectivity index (χ4n) is 2.18. The van der Waals surface area contributed by atoms with Gasteiger partial charge >= 0.3 is 5.97 Å². The van der Waals surface area contributed by atoms with Crippen molar-refractivity contribution in [2.45, 2.75) is 34.6 Å². The van der Waals surface area contributed by atoms with E-state index in [9.17, 15) is 4.79 Å². The lowest BCUT2D eigenvalue weighted by atomic mass is 10.1. The Kier molecular flexibility index (Phi) is 5.40. The van der Waals surface area contributed by atoms with Gasteiger partial charge in [-0.25, -0.2) is 0 Å². The third kappa shape index (κ3) is 4.58. The van der Waals surface area contributed by atoms with E-state index in [1.165, 1.54) is 11.1 Å². The maximum Gasteiger partial charge on any atom is 0.308 e. The Morgan fingerprint density at radius 3 is 2.37 bits per heavy atom. The first-order chi connectivity index (χ1) is 8.81. The Balaban J connectivity index is 3.01. The van der Waals surface area contributed by atoms with E-state index in [4.69, 9.17) is 5.11 Å². The lowest BCUT2D eigenvalue weighted by Gasteiger charge is -2.30. The first-order valence-corrected chi connectivity index (χ1v) is 6.86. The highest BCUT2D eigenvalue weighted by atomic mass is 16.4. The summed E-state index contributed by atoms with van der Waals surface area (Å²) in [6.07, 6.45) is 0. The number of benzene rings is 1. The van der Waals surface area contributed by atoms with Crippen LogP contribution in [0.15, 0.2) is 18.2 Å². The minimum absolute atomic E-state index is 0.362. The van der Waals surface area contributed by atoms with Gasteiger partial charge < -0.3 is 10.0 Å². The molecule has 0 bridgehead atoms. The molecule has 1 aromatic rings. The Hall–Kier alpha value is -1.51. The van der Waals surface area contributed by atoms with Crippen LogP contribution in [0.3, 0.4) is 0 Å². The average Bonchev–Trinajstić information content (AvgIpc) is 2.30. The molecule has 1 rings (SSSR count). The number of aryl methyl sites for hydroxylation is 2. The number of hydrogen-bond acceptors (Lipinski definition) is 2. The van der Waals surface area contributed by atoms with Crippen LogP contribution in [-0.4, -0.2) is 24.2 Å². The summed E-state index contributed by atoms with van der Waals surface area (Å²) in [5, 5.41) is 9.11. The van der Waals surface area contributed by atoms with Gasteiger partial charge in [0.25, 0.3) is 0 Å². The number of aliphatic carboxylic acids is 1. The fourth-order valence-corrected chi connectivity index (χ4v) is 2.18. The highest BCUT2D eigenvalue weighted by molar-refractivity contribution is 5.70. The third-order valence-corrected chi connectivity index (χ3v) is 3.21. The first-order valence-electron chi connectivity index (χ1n) is 6.86. The maximum absolute atomic E-state index is 11.1. The van der Waals surface area contributed by atoms with Crippen molar-refractivity contribution in [2.75, 3.05) is 18.0 Å². The normalized spacial score (nSPS) is 12.5. The Morgan fingerprint density at radius 2 is 1.84 bits per heavy atom. The molecule has 3 heteroatoms. The van der Waals surface area contributed by atoms with Crippen LogP contribution in [0, 0.1) is 25.7 Å². The van der Waals surface area contributed by atoms with E-state index in [0.29, 0.717) is 12.5 Å². The van der Waals surface area contributed by atoms with E-state index in [0.717, 1.165) is 12.2 Å². The van der Waals surface area contributed by atoms with E-state index < -0.39 is 5.97 Å². The molecule has 0 aromatic heterocycles. The molecule has 0 amide bonds. The lowest BCUT2D eigenvalue weighted by molar-refractivity contribution is -0.140. The molecular weight excluding hydrogens is 238 g/mol. The number of rotatable bonds is 6. The molecule has 0 spiro atoms. The quantitative estimate of drug-likeness (QED) is 0.854. The molecule has 0 fully saturated rings. The van der Waals surface area contributed by atoms with Crippen LogP contribution in [0.5, 0.6) is 0 Å². The van der Waals surface area contributed by atoms with Gasteiger partial charge in [0.05, 0.1) is 5.92 Å². The molecule has 0 heterocycles. The molecule has 1 N–H and O–H groups in total. The number of nitrogens with zero attached hydrogens (tertiary/aromatic N) is 1. The summed E-state index contributed by atoms with van der Waals surface area (Å²) in [6, 6.07) is 6.34.